The summed E-state index contributed by atoms with van der Waals surface area (Å²) in [4.78, 5) is 14.9. The lowest BCUT2D eigenvalue weighted by Crippen LogP contribution is -2.59. The minimum atomic E-state index is -0.274. The molecule has 1 spiro atoms. The van der Waals surface area contributed by atoms with Crippen molar-refractivity contribution in [2.24, 2.45) is 0 Å². The number of ether oxygens (including phenoxy) is 2. The fourth-order valence-corrected chi connectivity index (χ4v) is 3.30. The van der Waals surface area contributed by atoms with Gasteiger partial charge in [-0.1, -0.05) is 6.07 Å². The Morgan fingerprint density at radius 2 is 2.05 bits per heavy atom. The Kier molecular flexibility index (Phi) is 2.97. The molecule has 110 valence electrons. The average Bonchev–Trinajstić information content (AvgIpc) is 3.14. The fraction of sp³-hybridized carbons (Fsp3) is 0.438. The van der Waals surface area contributed by atoms with Gasteiger partial charge in [0.2, 0.25) is 0 Å². The number of nitrogens with zero attached hydrogens (tertiary/aromatic N) is 2. The lowest BCUT2D eigenvalue weighted by molar-refractivity contribution is -0.0550. The van der Waals surface area contributed by atoms with Crippen molar-refractivity contribution in [1.82, 2.24) is 9.30 Å². The van der Waals surface area contributed by atoms with Crippen molar-refractivity contribution < 1.29 is 14.3 Å². The lowest BCUT2D eigenvalue weighted by atomic mass is 9.95. The molecule has 0 bridgehead atoms. The first-order valence-electron chi connectivity index (χ1n) is 7.33. The number of rotatable bonds is 1. The first-order valence-corrected chi connectivity index (χ1v) is 7.33. The van der Waals surface area contributed by atoms with Gasteiger partial charge in [-0.3, -0.25) is 4.79 Å². The van der Waals surface area contributed by atoms with Gasteiger partial charge < -0.3 is 18.8 Å². The van der Waals surface area contributed by atoms with Crippen LogP contribution in [0.4, 0.5) is 0 Å². The van der Waals surface area contributed by atoms with Crippen LogP contribution in [0.15, 0.2) is 36.7 Å². The van der Waals surface area contributed by atoms with Crippen molar-refractivity contribution in [3.05, 3.63) is 42.2 Å². The van der Waals surface area contributed by atoms with Gasteiger partial charge in [0.25, 0.3) is 5.91 Å². The molecule has 2 aromatic rings. The van der Waals surface area contributed by atoms with Gasteiger partial charge in [0.15, 0.2) is 0 Å². The second-order valence-electron chi connectivity index (χ2n) is 5.80. The zero-order valence-corrected chi connectivity index (χ0v) is 11.8. The van der Waals surface area contributed by atoms with Crippen LogP contribution in [0.3, 0.4) is 0 Å². The molecule has 21 heavy (non-hydrogen) atoms. The highest BCUT2D eigenvalue weighted by molar-refractivity contribution is 5.96. The van der Waals surface area contributed by atoms with Crippen molar-refractivity contribution in [1.29, 1.82) is 0 Å². The van der Waals surface area contributed by atoms with E-state index in [0.29, 0.717) is 33.0 Å². The smallest absolute Gasteiger partial charge is 0.256 e. The van der Waals surface area contributed by atoms with Crippen molar-refractivity contribution in [2.75, 3.05) is 33.0 Å². The standard InChI is InChI=1S/C16H18N2O3/c19-15(13-9-14-3-1-2-5-17(14)10-13)18-6-8-21-12-16(18)4-7-20-11-16/h1-3,5,9-10H,4,6-8,11-12H2. The molecular weight excluding hydrogens is 268 g/mol. The van der Waals surface area contributed by atoms with Crippen LogP contribution in [0.25, 0.3) is 5.52 Å². The molecular formula is C16H18N2O3. The number of pyridine rings is 1. The second-order valence-corrected chi connectivity index (χ2v) is 5.80. The number of morpholine rings is 1. The molecule has 5 heteroatoms. The fourth-order valence-electron chi connectivity index (χ4n) is 3.30. The largest absolute Gasteiger partial charge is 0.379 e. The molecule has 2 fully saturated rings. The van der Waals surface area contributed by atoms with Gasteiger partial charge in [-0.15, -0.1) is 0 Å². The van der Waals surface area contributed by atoms with Gasteiger partial charge in [0.1, 0.15) is 0 Å². The summed E-state index contributed by atoms with van der Waals surface area (Å²) in [5.41, 5.74) is 1.49. The third kappa shape index (κ3) is 2.04. The molecule has 0 aliphatic carbocycles. The number of hydrogen-bond acceptors (Lipinski definition) is 3. The molecule has 0 saturated carbocycles. The van der Waals surface area contributed by atoms with E-state index in [9.17, 15) is 4.79 Å². The van der Waals surface area contributed by atoms with Crippen molar-refractivity contribution in [3.8, 4) is 0 Å². The molecule has 2 aliphatic rings. The zero-order valence-electron chi connectivity index (χ0n) is 11.8. The Bertz CT molecular complexity index is 640. The summed E-state index contributed by atoms with van der Waals surface area (Å²) < 4.78 is 13.1. The maximum Gasteiger partial charge on any atom is 0.256 e. The van der Waals surface area contributed by atoms with E-state index in [-0.39, 0.29) is 11.4 Å². The minimum Gasteiger partial charge on any atom is -0.379 e. The summed E-state index contributed by atoms with van der Waals surface area (Å²) in [5, 5.41) is 0. The molecule has 2 saturated heterocycles. The maximum atomic E-state index is 12.9. The predicted molar refractivity (Wildman–Crippen MR) is 77.4 cm³/mol. The molecule has 2 aromatic heterocycles. The monoisotopic (exact) mass is 286 g/mol. The number of hydrogen-bond donors (Lipinski definition) is 0. The van der Waals surface area contributed by atoms with Gasteiger partial charge in [0, 0.05) is 31.1 Å². The zero-order chi connectivity index (χ0) is 14.3. The van der Waals surface area contributed by atoms with E-state index in [0.717, 1.165) is 17.5 Å². The normalized spacial score (nSPS) is 25.8. The molecule has 0 radical (unpaired) electrons. The topological polar surface area (TPSA) is 43.2 Å². The van der Waals surface area contributed by atoms with E-state index < -0.39 is 0 Å². The second kappa shape index (κ2) is 4.86. The van der Waals surface area contributed by atoms with E-state index in [4.69, 9.17) is 9.47 Å². The minimum absolute atomic E-state index is 0.0764. The Labute approximate surface area is 123 Å². The van der Waals surface area contributed by atoms with Gasteiger partial charge in [0.05, 0.1) is 30.9 Å². The molecule has 0 aromatic carbocycles. The highest BCUT2D eigenvalue weighted by atomic mass is 16.5. The van der Waals surface area contributed by atoms with Gasteiger partial charge in [-0.25, -0.2) is 0 Å². The van der Waals surface area contributed by atoms with Crippen molar-refractivity contribution >= 4 is 11.4 Å². The molecule has 1 amide bonds. The molecule has 1 atom stereocenters. The van der Waals surface area contributed by atoms with Gasteiger partial charge >= 0.3 is 0 Å². The maximum absolute atomic E-state index is 12.9. The number of fused-ring (bicyclic) bond motifs is 1. The van der Waals surface area contributed by atoms with E-state index >= 15 is 0 Å². The third-order valence-corrected chi connectivity index (χ3v) is 4.48. The molecule has 0 N–H and O–H groups in total. The Hall–Kier alpha value is -1.85. The van der Waals surface area contributed by atoms with Crippen LogP contribution in [-0.4, -0.2) is 53.7 Å². The summed E-state index contributed by atoms with van der Waals surface area (Å²) in [5.74, 6) is 0.0764. The number of amides is 1. The Morgan fingerprint density at radius 3 is 2.86 bits per heavy atom. The van der Waals surface area contributed by atoms with Crippen LogP contribution in [0, 0.1) is 0 Å². The highest BCUT2D eigenvalue weighted by Crippen LogP contribution is 2.31. The van der Waals surface area contributed by atoms with E-state index in [2.05, 4.69) is 0 Å². The number of carbonyl (C=O) groups excluding carboxylic acids is 1. The van der Waals surface area contributed by atoms with Crippen LogP contribution in [0.1, 0.15) is 16.8 Å². The van der Waals surface area contributed by atoms with Crippen LogP contribution in [-0.2, 0) is 9.47 Å². The molecule has 2 aliphatic heterocycles. The van der Waals surface area contributed by atoms with Crippen LogP contribution in [0.2, 0.25) is 0 Å². The van der Waals surface area contributed by atoms with Gasteiger partial charge in [-0.2, -0.15) is 0 Å². The highest BCUT2D eigenvalue weighted by Gasteiger charge is 2.45. The Morgan fingerprint density at radius 1 is 1.19 bits per heavy atom. The molecule has 4 heterocycles. The quantitative estimate of drug-likeness (QED) is 0.799. The summed E-state index contributed by atoms with van der Waals surface area (Å²) in [6.07, 6.45) is 4.71. The van der Waals surface area contributed by atoms with Crippen molar-refractivity contribution in [3.63, 3.8) is 0 Å². The van der Waals surface area contributed by atoms with Crippen molar-refractivity contribution in [2.45, 2.75) is 12.0 Å². The Balaban J connectivity index is 1.69. The first-order chi connectivity index (χ1) is 10.3. The predicted octanol–water partition coefficient (Wildman–Crippen LogP) is 1.57. The number of carbonyl (C=O) groups is 1. The van der Waals surface area contributed by atoms with Crippen LogP contribution in [0.5, 0.6) is 0 Å². The third-order valence-electron chi connectivity index (χ3n) is 4.48. The van der Waals surface area contributed by atoms with Gasteiger partial charge in [-0.05, 0) is 24.6 Å². The lowest BCUT2D eigenvalue weighted by Gasteiger charge is -2.43. The molecule has 5 nitrogen and oxygen atoms in total. The van der Waals surface area contributed by atoms with Crippen LogP contribution < -0.4 is 0 Å². The number of aromatic nitrogens is 1. The summed E-state index contributed by atoms with van der Waals surface area (Å²) in [6, 6.07) is 7.89. The summed E-state index contributed by atoms with van der Waals surface area (Å²) in [6.45, 7) is 3.08. The van der Waals surface area contributed by atoms with Crippen LogP contribution >= 0.6 is 0 Å². The summed E-state index contributed by atoms with van der Waals surface area (Å²) >= 11 is 0. The molecule has 4 rings (SSSR count). The summed E-state index contributed by atoms with van der Waals surface area (Å²) in [7, 11) is 0. The molecule has 1 unspecified atom stereocenters. The van der Waals surface area contributed by atoms with E-state index in [1.807, 2.05) is 46.0 Å². The average molecular weight is 286 g/mol. The van der Waals surface area contributed by atoms with E-state index in [1.54, 1.807) is 0 Å². The first kappa shape index (κ1) is 12.9. The SMILES string of the molecule is O=C(c1cc2ccccn2c1)N1CCOCC12CCOC2. The van der Waals surface area contributed by atoms with E-state index in [1.165, 1.54) is 0 Å².